The molecule has 0 bridgehead atoms. The third kappa shape index (κ3) is 1.30. The van der Waals surface area contributed by atoms with Crippen LogP contribution in [-0.4, -0.2) is 6.10 Å². The normalized spacial score (nSPS) is 19.5. The molecular formula is C10H8F2O. The van der Waals surface area contributed by atoms with E-state index in [-0.39, 0.29) is 11.9 Å². The van der Waals surface area contributed by atoms with Crippen molar-refractivity contribution in [1.82, 2.24) is 0 Å². The average Bonchev–Trinajstić information content (AvgIpc) is 2.12. The second-order valence-corrected chi connectivity index (χ2v) is 2.96. The molecule has 0 amide bonds. The van der Waals surface area contributed by atoms with E-state index in [9.17, 15) is 8.78 Å². The number of benzene rings is 1. The summed E-state index contributed by atoms with van der Waals surface area (Å²) in [5.41, 5.74) is 0.581. The van der Waals surface area contributed by atoms with E-state index in [0.717, 1.165) is 6.07 Å². The Hall–Kier alpha value is -1.38. The van der Waals surface area contributed by atoms with Gasteiger partial charge in [-0.05, 0) is 25.1 Å². The highest BCUT2D eigenvalue weighted by molar-refractivity contribution is 5.60. The molecule has 1 nitrogen and oxygen atoms in total. The molecule has 0 aliphatic carbocycles. The second-order valence-electron chi connectivity index (χ2n) is 2.96. The monoisotopic (exact) mass is 182 g/mol. The van der Waals surface area contributed by atoms with Gasteiger partial charge >= 0.3 is 0 Å². The number of hydrogen-bond donors (Lipinski definition) is 0. The Bertz CT molecular complexity index is 371. The fourth-order valence-corrected chi connectivity index (χ4v) is 1.26. The largest absolute Gasteiger partial charge is 0.483 e. The van der Waals surface area contributed by atoms with Gasteiger partial charge in [0.2, 0.25) is 5.82 Å². The molecule has 0 aromatic heterocycles. The Morgan fingerprint density at radius 3 is 2.85 bits per heavy atom. The molecule has 1 aliphatic heterocycles. The maximum Gasteiger partial charge on any atom is 0.201 e. The van der Waals surface area contributed by atoms with Crippen LogP contribution < -0.4 is 4.74 Å². The van der Waals surface area contributed by atoms with E-state index < -0.39 is 11.6 Å². The predicted octanol–water partition coefficient (Wildman–Crippen LogP) is 2.76. The van der Waals surface area contributed by atoms with Crippen LogP contribution in [-0.2, 0) is 0 Å². The van der Waals surface area contributed by atoms with E-state index in [2.05, 4.69) is 0 Å². The molecule has 1 aliphatic rings. The van der Waals surface area contributed by atoms with E-state index in [4.69, 9.17) is 4.74 Å². The molecule has 2 rings (SSSR count). The molecule has 1 heterocycles. The van der Waals surface area contributed by atoms with Crippen molar-refractivity contribution < 1.29 is 13.5 Å². The van der Waals surface area contributed by atoms with Gasteiger partial charge in [-0.25, -0.2) is 4.39 Å². The quantitative estimate of drug-likeness (QED) is 0.599. The topological polar surface area (TPSA) is 9.23 Å². The number of ether oxygens (including phenoxy) is 1. The number of halogens is 2. The third-order valence-electron chi connectivity index (χ3n) is 1.93. The molecular weight excluding hydrogens is 174 g/mol. The molecule has 0 saturated heterocycles. The SMILES string of the molecule is CC1C=Cc2ccc(F)c(F)c2O1. The van der Waals surface area contributed by atoms with Gasteiger partial charge in [-0.2, -0.15) is 4.39 Å². The van der Waals surface area contributed by atoms with Gasteiger partial charge in [-0.3, -0.25) is 0 Å². The minimum Gasteiger partial charge on any atom is -0.483 e. The molecule has 13 heavy (non-hydrogen) atoms. The minimum atomic E-state index is -0.909. The first-order chi connectivity index (χ1) is 6.18. The van der Waals surface area contributed by atoms with Crippen molar-refractivity contribution in [3.8, 4) is 5.75 Å². The summed E-state index contributed by atoms with van der Waals surface area (Å²) in [7, 11) is 0. The molecule has 1 unspecified atom stereocenters. The lowest BCUT2D eigenvalue weighted by atomic mass is 10.1. The van der Waals surface area contributed by atoms with Crippen LogP contribution in [0.3, 0.4) is 0 Å². The van der Waals surface area contributed by atoms with Gasteiger partial charge in [-0.1, -0.05) is 6.08 Å². The molecule has 1 aromatic rings. The molecule has 68 valence electrons. The van der Waals surface area contributed by atoms with Crippen molar-refractivity contribution in [3.05, 3.63) is 35.4 Å². The van der Waals surface area contributed by atoms with Crippen molar-refractivity contribution >= 4 is 6.08 Å². The van der Waals surface area contributed by atoms with Crippen LogP contribution in [0.4, 0.5) is 8.78 Å². The van der Waals surface area contributed by atoms with Crippen LogP contribution >= 0.6 is 0 Å². The minimum absolute atomic E-state index is 0.00926. The van der Waals surface area contributed by atoms with Gasteiger partial charge in [0.15, 0.2) is 11.6 Å². The zero-order valence-corrected chi connectivity index (χ0v) is 7.05. The molecule has 0 N–H and O–H groups in total. The van der Waals surface area contributed by atoms with Crippen molar-refractivity contribution in [1.29, 1.82) is 0 Å². The average molecular weight is 182 g/mol. The molecule has 1 aromatic carbocycles. The van der Waals surface area contributed by atoms with Gasteiger partial charge in [0.25, 0.3) is 0 Å². The Balaban J connectivity index is 2.57. The maximum absolute atomic E-state index is 13.1. The number of rotatable bonds is 0. The summed E-state index contributed by atoms with van der Waals surface area (Å²) in [4.78, 5) is 0. The Morgan fingerprint density at radius 2 is 2.08 bits per heavy atom. The first-order valence-electron chi connectivity index (χ1n) is 4.01. The van der Waals surface area contributed by atoms with Crippen molar-refractivity contribution in [3.63, 3.8) is 0 Å². The van der Waals surface area contributed by atoms with Gasteiger partial charge in [0.05, 0.1) is 0 Å². The van der Waals surface area contributed by atoms with E-state index in [1.54, 1.807) is 19.1 Å². The Morgan fingerprint density at radius 1 is 1.31 bits per heavy atom. The van der Waals surface area contributed by atoms with Gasteiger partial charge in [-0.15, -0.1) is 0 Å². The van der Waals surface area contributed by atoms with Crippen molar-refractivity contribution in [2.24, 2.45) is 0 Å². The summed E-state index contributed by atoms with van der Waals surface area (Å²) >= 11 is 0. The summed E-state index contributed by atoms with van der Waals surface area (Å²) < 4.78 is 31.0. The summed E-state index contributed by atoms with van der Waals surface area (Å²) in [6.45, 7) is 1.77. The zero-order valence-electron chi connectivity index (χ0n) is 7.05. The standard InChI is InChI=1S/C10H8F2O/c1-6-2-3-7-4-5-8(11)9(12)10(7)13-6/h2-6H,1H3. The highest BCUT2D eigenvalue weighted by atomic mass is 19.2. The highest BCUT2D eigenvalue weighted by Gasteiger charge is 2.18. The first-order valence-corrected chi connectivity index (χ1v) is 4.01. The lowest BCUT2D eigenvalue weighted by Gasteiger charge is -2.18. The summed E-state index contributed by atoms with van der Waals surface area (Å²) in [6.07, 6.45) is 3.31. The van der Waals surface area contributed by atoms with Crippen molar-refractivity contribution in [2.45, 2.75) is 13.0 Å². The highest BCUT2D eigenvalue weighted by Crippen LogP contribution is 2.30. The van der Waals surface area contributed by atoms with Gasteiger partial charge < -0.3 is 4.74 Å². The van der Waals surface area contributed by atoms with E-state index in [1.807, 2.05) is 0 Å². The Kier molecular flexibility index (Phi) is 1.79. The van der Waals surface area contributed by atoms with Gasteiger partial charge in [0, 0.05) is 5.56 Å². The molecule has 3 heteroatoms. The lowest BCUT2D eigenvalue weighted by molar-refractivity contribution is 0.249. The van der Waals surface area contributed by atoms with Crippen molar-refractivity contribution in [2.75, 3.05) is 0 Å². The van der Waals surface area contributed by atoms with Gasteiger partial charge in [0.1, 0.15) is 6.10 Å². The summed E-state index contributed by atoms with van der Waals surface area (Å²) in [5, 5.41) is 0. The zero-order chi connectivity index (χ0) is 9.42. The number of hydrogen-bond acceptors (Lipinski definition) is 1. The molecule has 0 radical (unpaired) electrons. The molecule has 1 atom stereocenters. The lowest BCUT2D eigenvalue weighted by Crippen LogP contribution is -2.13. The number of fused-ring (bicyclic) bond motifs is 1. The first kappa shape index (κ1) is 8.23. The van der Waals surface area contributed by atoms with Crippen LogP contribution in [0.1, 0.15) is 12.5 Å². The predicted molar refractivity (Wildman–Crippen MR) is 45.5 cm³/mol. The fourth-order valence-electron chi connectivity index (χ4n) is 1.26. The third-order valence-corrected chi connectivity index (χ3v) is 1.93. The smallest absolute Gasteiger partial charge is 0.201 e. The van der Waals surface area contributed by atoms with E-state index in [0.29, 0.717) is 5.56 Å². The molecule has 0 fully saturated rings. The van der Waals surface area contributed by atoms with Crippen LogP contribution in [0.5, 0.6) is 5.75 Å². The van der Waals surface area contributed by atoms with E-state index >= 15 is 0 Å². The van der Waals surface area contributed by atoms with E-state index in [1.165, 1.54) is 6.07 Å². The van der Waals surface area contributed by atoms with Crippen LogP contribution in [0.25, 0.3) is 6.08 Å². The molecule has 0 saturated carbocycles. The van der Waals surface area contributed by atoms with Crippen LogP contribution in [0.15, 0.2) is 18.2 Å². The molecule has 0 spiro atoms. The summed E-state index contributed by atoms with van der Waals surface area (Å²) in [6, 6.07) is 2.59. The van der Waals surface area contributed by atoms with Crippen LogP contribution in [0.2, 0.25) is 0 Å². The fraction of sp³-hybridized carbons (Fsp3) is 0.200. The maximum atomic E-state index is 13.1. The summed E-state index contributed by atoms with van der Waals surface area (Å²) in [5.74, 6) is -1.77. The second kappa shape index (κ2) is 2.83. The van der Waals surface area contributed by atoms with Crippen LogP contribution in [0, 0.1) is 11.6 Å². The Labute approximate surface area is 74.6 Å².